The molecule has 4 aromatic rings. The van der Waals surface area contributed by atoms with Gasteiger partial charge in [-0.1, -0.05) is 41.9 Å². The van der Waals surface area contributed by atoms with Crippen LogP contribution in [0.5, 0.6) is 11.6 Å². The number of aromatic nitrogens is 2. The van der Waals surface area contributed by atoms with E-state index < -0.39 is 0 Å². The Kier molecular flexibility index (Phi) is 5.86. The third-order valence-electron chi connectivity index (χ3n) is 4.40. The molecule has 148 valence electrons. The van der Waals surface area contributed by atoms with Crippen LogP contribution in [-0.2, 0) is 6.54 Å². The van der Waals surface area contributed by atoms with Crippen molar-refractivity contribution in [2.45, 2.75) is 13.5 Å². The monoisotopic (exact) mass is 408 g/mol. The van der Waals surface area contributed by atoms with E-state index in [2.05, 4.69) is 5.10 Å². The first-order valence-corrected chi connectivity index (χ1v) is 9.84. The van der Waals surface area contributed by atoms with Crippen molar-refractivity contribution < 1.29 is 13.9 Å². The second-order valence-electron chi connectivity index (χ2n) is 6.36. The quantitative estimate of drug-likeness (QED) is 0.362. The zero-order chi connectivity index (χ0) is 20.1. The average Bonchev–Trinajstić information content (AvgIpc) is 3.41. The maximum atomic E-state index is 6.38. The summed E-state index contributed by atoms with van der Waals surface area (Å²) >= 11 is 6.38. The van der Waals surface area contributed by atoms with Crippen LogP contribution in [-0.4, -0.2) is 23.0 Å². The summed E-state index contributed by atoms with van der Waals surface area (Å²) in [4.78, 5) is 0. The first-order valence-electron chi connectivity index (χ1n) is 9.47. The summed E-state index contributed by atoms with van der Waals surface area (Å²) in [5.41, 5.74) is 2.82. The van der Waals surface area contributed by atoms with E-state index >= 15 is 0 Å². The van der Waals surface area contributed by atoms with Crippen LogP contribution in [0.25, 0.3) is 22.6 Å². The minimum Gasteiger partial charge on any atom is -0.490 e. The van der Waals surface area contributed by atoms with Gasteiger partial charge in [-0.15, -0.1) is 0 Å². The van der Waals surface area contributed by atoms with E-state index in [1.807, 2.05) is 78.3 Å². The van der Waals surface area contributed by atoms with E-state index in [-0.39, 0.29) is 0 Å². The minimum atomic E-state index is 0.413. The van der Waals surface area contributed by atoms with E-state index in [0.717, 1.165) is 22.6 Å². The fourth-order valence-corrected chi connectivity index (χ4v) is 3.27. The molecule has 0 unspecified atom stereocenters. The Morgan fingerprint density at radius 3 is 2.55 bits per heavy atom. The van der Waals surface area contributed by atoms with Gasteiger partial charge in [-0.05, 0) is 37.3 Å². The van der Waals surface area contributed by atoms with Crippen LogP contribution in [0.15, 0.2) is 77.4 Å². The van der Waals surface area contributed by atoms with Crippen molar-refractivity contribution >= 4 is 11.6 Å². The molecule has 0 N–H and O–H groups in total. The Hall–Kier alpha value is -3.18. The summed E-state index contributed by atoms with van der Waals surface area (Å²) in [5, 5.41) is 5.20. The van der Waals surface area contributed by atoms with Gasteiger partial charge in [0.05, 0.1) is 30.1 Å². The second-order valence-corrected chi connectivity index (χ2v) is 6.77. The van der Waals surface area contributed by atoms with Crippen molar-refractivity contribution in [1.29, 1.82) is 0 Å². The first kappa shape index (κ1) is 19.2. The number of halogens is 1. The number of ether oxygens (including phenoxy) is 2. The Balaban J connectivity index is 1.44. The zero-order valence-corrected chi connectivity index (χ0v) is 16.8. The molecule has 0 bridgehead atoms. The molecular formula is C23H21ClN2O3. The maximum absolute atomic E-state index is 6.38. The summed E-state index contributed by atoms with van der Waals surface area (Å²) in [6.45, 7) is 3.48. The molecule has 6 heteroatoms. The molecule has 0 saturated heterocycles. The molecule has 0 fully saturated rings. The first-order chi connectivity index (χ1) is 14.2. The Labute approximate surface area is 174 Å². The number of hydrogen-bond donors (Lipinski definition) is 0. The fraction of sp³-hybridized carbons (Fsp3) is 0.174. The highest BCUT2D eigenvalue weighted by atomic mass is 35.5. The van der Waals surface area contributed by atoms with Gasteiger partial charge in [-0.25, -0.2) is 4.68 Å². The Morgan fingerprint density at radius 2 is 1.83 bits per heavy atom. The van der Waals surface area contributed by atoms with Gasteiger partial charge in [0.1, 0.15) is 18.1 Å². The third kappa shape index (κ3) is 4.46. The molecule has 0 aliphatic heterocycles. The summed E-state index contributed by atoms with van der Waals surface area (Å²) in [6, 6.07) is 21.3. The van der Waals surface area contributed by atoms with Crippen LogP contribution in [0.3, 0.4) is 0 Å². The number of rotatable bonds is 8. The third-order valence-corrected chi connectivity index (χ3v) is 4.70. The van der Waals surface area contributed by atoms with Gasteiger partial charge >= 0.3 is 0 Å². The standard InChI is InChI=1S/C23H21ClN2O3/c1-2-27-23-16-20(17-7-4-3-5-8-17)25-26(23)12-14-29-22-11-10-18(15-19(22)24)21-9-6-13-28-21/h3-11,13,15-16H,2,12,14H2,1H3. The number of hydrogen-bond acceptors (Lipinski definition) is 4. The lowest BCUT2D eigenvalue weighted by molar-refractivity contribution is 0.260. The predicted octanol–water partition coefficient (Wildman–Crippen LogP) is 5.94. The van der Waals surface area contributed by atoms with E-state index in [1.54, 1.807) is 6.26 Å². The van der Waals surface area contributed by atoms with Crippen LogP contribution in [0.4, 0.5) is 0 Å². The van der Waals surface area contributed by atoms with E-state index in [1.165, 1.54) is 0 Å². The molecule has 4 rings (SSSR count). The SMILES string of the molecule is CCOc1cc(-c2ccccc2)nn1CCOc1ccc(-c2ccco2)cc1Cl. The van der Waals surface area contributed by atoms with Crippen LogP contribution in [0.2, 0.25) is 5.02 Å². The minimum absolute atomic E-state index is 0.413. The normalized spacial score (nSPS) is 10.8. The Bertz CT molecular complexity index is 1060. The molecule has 0 atom stereocenters. The maximum Gasteiger partial charge on any atom is 0.212 e. The van der Waals surface area contributed by atoms with Crippen molar-refractivity contribution in [3.8, 4) is 34.2 Å². The highest BCUT2D eigenvalue weighted by Gasteiger charge is 2.11. The van der Waals surface area contributed by atoms with Crippen molar-refractivity contribution in [2.75, 3.05) is 13.2 Å². The number of furan rings is 1. The smallest absolute Gasteiger partial charge is 0.212 e. The van der Waals surface area contributed by atoms with E-state index in [9.17, 15) is 0 Å². The highest BCUT2D eigenvalue weighted by Crippen LogP contribution is 2.31. The molecule has 0 saturated carbocycles. The molecule has 0 spiro atoms. The summed E-state index contributed by atoms with van der Waals surface area (Å²) in [7, 11) is 0. The van der Waals surface area contributed by atoms with Crippen LogP contribution >= 0.6 is 11.6 Å². The van der Waals surface area contributed by atoms with Gasteiger partial charge in [0.25, 0.3) is 0 Å². The second kappa shape index (κ2) is 8.88. The molecule has 0 aliphatic carbocycles. The summed E-state index contributed by atoms with van der Waals surface area (Å²) < 4.78 is 18.8. The number of nitrogens with zero attached hydrogens (tertiary/aromatic N) is 2. The fourth-order valence-electron chi connectivity index (χ4n) is 3.03. The highest BCUT2D eigenvalue weighted by molar-refractivity contribution is 6.32. The molecule has 0 amide bonds. The topological polar surface area (TPSA) is 49.4 Å². The van der Waals surface area contributed by atoms with Crippen molar-refractivity contribution in [3.63, 3.8) is 0 Å². The van der Waals surface area contributed by atoms with Gasteiger partial charge in [-0.3, -0.25) is 0 Å². The lowest BCUT2D eigenvalue weighted by Gasteiger charge is -2.11. The van der Waals surface area contributed by atoms with Crippen LogP contribution in [0, 0.1) is 0 Å². The largest absolute Gasteiger partial charge is 0.490 e. The van der Waals surface area contributed by atoms with Crippen molar-refractivity contribution in [2.24, 2.45) is 0 Å². The van der Waals surface area contributed by atoms with Gasteiger partial charge < -0.3 is 13.9 Å². The molecule has 0 aliphatic rings. The van der Waals surface area contributed by atoms with Gasteiger partial charge in [0.2, 0.25) is 5.88 Å². The molecule has 2 aromatic carbocycles. The predicted molar refractivity (Wildman–Crippen MR) is 113 cm³/mol. The lowest BCUT2D eigenvalue weighted by Crippen LogP contribution is -2.11. The van der Waals surface area contributed by atoms with Gasteiger partial charge in [0, 0.05) is 17.2 Å². The molecule has 5 nitrogen and oxygen atoms in total. The summed E-state index contributed by atoms with van der Waals surface area (Å²) in [5.74, 6) is 2.11. The van der Waals surface area contributed by atoms with Gasteiger partial charge in [-0.2, -0.15) is 5.10 Å². The van der Waals surface area contributed by atoms with Crippen LogP contribution in [0.1, 0.15) is 6.92 Å². The molecular weight excluding hydrogens is 388 g/mol. The van der Waals surface area contributed by atoms with E-state index in [4.69, 9.17) is 25.5 Å². The average molecular weight is 409 g/mol. The summed E-state index contributed by atoms with van der Waals surface area (Å²) in [6.07, 6.45) is 1.64. The molecule has 29 heavy (non-hydrogen) atoms. The zero-order valence-electron chi connectivity index (χ0n) is 16.0. The molecule has 2 heterocycles. The van der Waals surface area contributed by atoms with Crippen LogP contribution < -0.4 is 9.47 Å². The van der Waals surface area contributed by atoms with Crippen molar-refractivity contribution in [3.05, 3.63) is 78.0 Å². The Morgan fingerprint density at radius 1 is 0.966 bits per heavy atom. The van der Waals surface area contributed by atoms with E-state index in [0.29, 0.717) is 36.4 Å². The molecule has 0 radical (unpaired) electrons. The van der Waals surface area contributed by atoms with Crippen molar-refractivity contribution in [1.82, 2.24) is 9.78 Å². The lowest BCUT2D eigenvalue weighted by atomic mass is 10.2. The molecule has 2 aromatic heterocycles. The number of benzene rings is 2. The van der Waals surface area contributed by atoms with Gasteiger partial charge in [0.15, 0.2) is 0 Å².